The number of unbranched alkanes of at least 4 members (excludes halogenated alkanes) is 1. The number of benzene rings is 1. The van der Waals surface area contributed by atoms with E-state index in [4.69, 9.17) is 22.6 Å². The highest BCUT2D eigenvalue weighted by atomic mass is 35.5. The number of hydrogen-bond acceptors (Lipinski definition) is 4. The molecule has 1 aromatic carbocycles. The molecule has 0 aliphatic heterocycles. The van der Waals surface area contributed by atoms with Crippen LogP contribution < -0.4 is 5.73 Å². The summed E-state index contributed by atoms with van der Waals surface area (Å²) in [6.07, 6.45) is 0.479. The van der Waals surface area contributed by atoms with Gasteiger partial charge in [0.05, 0.1) is 22.5 Å². The molecule has 0 atom stereocenters. The van der Waals surface area contributed by atoms with Crippen LogP contribution in [-0.2, 0) is 9.84 Å². The molecule has 0 spiro atoms. The zero-order chi connectivity index (χ0) is 12.2. The molecule has 0 radical (unpaired) electrons. The maximum absolute atomic E-state index is 11.9. The molecule has 0 fully saturated rings. The molecule has 0 aromatic heterocycles. The average molecular weight is 259 g/mol. The fraction of sp³-hybridized carbons (Fsp3) is 0.300. The van der Waals surface area contributed by atoms with E-state index in [1.807, 2.05) is 6.07 Å². The van der Waals surface area contributed by atoms with Crippen LogP contribution in [0.5, 0.6) is 0 Å². The molecule has 4 nitrogen and oxygen atoms in total. The van der Waals surface area contributed by atoms with Crippen molar-refractivity contribution in [2.24, 2.45) is 0 Å². The van der Waals surface area contributed by atoms with E-state index < -0.39 is 9.84 Å². The predicted molar refractivity (Wildman–Crippen MR) is 62.8 cm³/mol. The van der Waals surface area contributed by atoms with Crippen molar-refractivity contribution in [1.82, 2.24) is 0 Å². The first-order valence-electron chi connectivity index (χ1n) is 4.62. The second-order valence-corrected chi connectivity index (χ2v) is 5.69. The fourth-order valence-corrected chi connectivity index (χ4v) is 3.35. The molecule has 0 heterocycles. The van der Waals surface area contributed by atoms with E-state index in [9.17, 15) is 8.42 Å². The van der Waals surface area contributed by atoms with Gasteiger partial charge < -0.3 is 5.73 Å². The molecule has 16 heavy (non-hydrogen) atoms. The first-order valence-corrected chi connectivity index (χ1v) is 6.66. The zero-order valence-corrected chi connectivity index (χ0v) is 10.1. The first kappa shape index (κ1) is 12.8. The summed E-state index contributed by atoms with van der Waals surface area (Å²) in [6.45, 7) is 0. The topological polar surface area (TPSA) is 84.0 Å². The van der Waals surface area contributed by atoms with Gasteiger partial charge in [-0.2, -0.15) is 5.26 Å². The molecule has 1 aromatic rings. The second kappa shape index (κ2) is 5.19. The van der Waals surface area contributed by atoms with E-state index in [2.05, 4.69) is 0 Å². The Balaban J connectivity index is 3.04. The van der Waals surface area contributed by atoms with Gasteiger partial charge in [-0.05, 0) is 18.6 Å². The van der Waals surface area contributed by atoms with Crippen LogP contribution in [0.1, 0.15) is 12.8 Å². The van der Waals surface area contributed by atoms with Crippen LogP contribution in [0.4, 0.5) is 5.69 Å². The lowest BCUT2D eigenvalue weighted by Gasteiger charge is -2.08. The van der Waals surface area contributed by atoms with Crippen molar-refractivity contribution in [3.8, 4) is 6.07 Å². The van der Waals surface area contributed by atoms with Crippen molar-refractivity contribution in [1.29, 1.82) is 5.26 Å². The Bertz CT molecular complexity index is 500. The Hall–Kier alpha value is -1.25. The van der Waals surface area contributed by atoms with E-state index >= 15 is 0 Å². The summed E-state index contributed by atoms with van der Waals surface area (Å²) in [5, 5.41) is 8.47. The maximum Gasteiger partial charge on any atom is 0.181 e. The molecule has 0 amide bonds. The predicted octanol–water partition coefficient (Wildman–Crippen LogP) is 2.00. The molecule has 0 unspecified atom stereocenters. The monoisotopic (exact) mass is 258 g/mol. The number of hydrogen-bond donors (Lipinski definition) is 1. The number of halogens is 1. The van der Waals surface area contributed by atoms with Crippen molar-refractivity contribution in [2.45, 2.75) is 17.7 Å². The molecule has 6 heteroatoms. The van der Waals surface area contributed by atoms with Gasteiger partial charge >= 0.3 is 0 Å². The highest BCUT2D eigenvalue weighted by Gasteiger charge is 2.20. The van der Waals surface area contributed by atoms with Crippen molar-refractivity contribution >= 4 is 27.1 Å². The van der Waals surface area contributed by atoms with Crippen LogP contribution >= 0.6 is 11.6 Å². The summed E-state index contributed by atoms with van der Waals surface area (Å²) >= 11 is 5.80. The standard InChI is InChI=1S/C10H11ClN2O2S/c11-8-4-3-5-9(13)10(8)16(14,15)7-2-1-6-12/h3-5H,1-2,7,13H2. The lowest BCUT2D eigenvalue weighted by atomic mass is 10.3. The van der Waals surface area contributed by atoms with Gasteiger partial charge in [0.15, 0.2) is 9.84 Å². The van der Waals surface area contributed by atoms with Crippen molar-refractivity contribution < 1.29 is 8.42 Å². The lowest BCUT2D eigenvalue weighted by molar-refractivity contribution is 0.594. The van der Waals surface area contributed by atoms with E-state index in [0.717, 1.165) is 0 Å². The number of rotatable bonds is 4. The largest absolute Gasteiger partial charge is 0.398 e. The Morgan fingerprint density at radius 1 is 1.44 bits per heavy atom. The number of nitrogens with two attached hydrogens (primary N) is 1. The van der Waals surface area contributed by atoms with Gasteiger partial charge in [0.2, 0.25) is 0 Å². The first-order chi connectivity index (χ1) is 7.49. The highest BCUT2D eigenvalue weighted by Crippen LogP contribution is 2.28. The Kier molecular flexibility index (Phi) is 4.16. The number of nitrogen functional groups attached to an aromatic ring is 1. The van der Waals surface area contributed by atoms with Crippen molar-refractivity contribution in [3.63, 3.8) is 0 Å². The summed E-state index contributed by atoms with van der Waals surface area (Å²) in [5.74, 6) is -0.117. The molecule has 0 bridgehead atoms. The molecule has 0 aliphatic rings. The van der Waals surface area contributed by atoms with Crippen LogP contribution in [0.3, 0.4) is 0 Å². The van der Waals surface area contributed by atoms with E-state index in [-0.39, 0.29) is 34.2 Å². The van der Waals surface area contributed by atoms with Gasteiger partial charge in [-0.15, -0.1) is 0 Å². The Labute approximate surface area is 99.6 Å². The molecule has 0 saturated heterocycles. The summed E-state index contributed by atoms with van der Waals surface area (Å²) in [6, 6.07) is 6.45. The summed E-state index contributed by atoms with van der Waals surface area (Å²) in [7, 11) is -3.50. The quantitative estimate of drug-likeness (QED) is 0.661. The van der Waals surface area contributed by atoms with Crippen LogP contribution in [0.15, 0.2) is 23.1 Å². The number of nitrogens with zero attached hydrogens (tertiary/aromatic N) is 1. The molecular formula is C10H11ClN2O2S. The number of nitriles is 1. The second-order valence-electron chi connectivity index (χ2n) is 3.24. The minimum atomic E-state index is -3.50. The third kappa shape index (κ3) is 2.87. The lowest BCUT2D eigenvalue weighted by Crippen LogP contribution is -2.10. The smallest absolute Gasteiger partial charge is 0.181 e. The van der Waals surface area contributed by atoms with Gasteiger partial charge in [0.25, 0.3) is 0 Å². The van der Waals surface area contributed by atoms with Crippen LogP contribution in [-0.4, -0.2) is 14.2 Å². The SMILES string of the molecule is N#CCCCS(=O)(=O)c1c(N)cccc1Cl. The van der Waals surface area contributed by atoms with Gasteiger partial charge in [-0.25, -0.2) is 8.42 Å². The fourth-order valence-electron chi connectivity index (χ4n) is 1.30. The van der Waals surface area contributed by atoms with Crippen molar-refractivity contribution in [2.75, 3.05) is 11.5 Å². The van der Waals surface area contributed by atoms with E-state index in [1.165, 1.54) is 12.1 Å². The summed E-state index contributed by atoms with van der Waals surface area (Å²) < 4.78 is 23.7. The van der Waals surface area contributed by atoms with Crippen LogP contribution in [0.25, 0.3) is 0 Å². The van der Waals surface area contributed by atoms with Gasteiger partial charge in [0, 0.05) is 6.42 Å². The molecule has 0 aliphatic carbocycles. The van der Waals surface area contributed by atoms with Gasteiger partial charge in [-0.1, -0.05) is 17.7 Å². The average Bonchev–Trinajstić information content (AvgIpc) is 2.17. The third-order valence-corrected chi connectivity index (χ3v) is 4.34. The summed E-state index contributed by atoms with van der Waals surface area (Å²) in [4.78, 5) is -0.0328. The summed E-state index contributed by atoms with van der Waals surface area (Å²) in [5.41, 5.74) is 5.73. The molecule has 1 rings (SSSR count). The Morgan fingerprint density at radius 2 is 2.12 bits per heavy atom. The van der Waals surface area contributed by atoms with Crippen LogP contribution in [0.2, 0.25) is 5.02 Å². The Morgan fingerprint density at radius 3 is 2.69 bits per heavy atom. The highest BCUT2D eigenvalue weighted by molar-refractivity contribution is 7.91. The number of sulfone groups is 1. The number of anilines is 1. The third-order valence-electron chi connectivity index (χ3n) is 2.01. The minimum absolute atomic E-state index is 0.0328. The van der Waals surface area contributed by atoms with Gasteiger partial charge in [0.1, 0.15) is 4.90 Å². The van der Waals surface area contributed by atoms with Crippen LogP contribution in [0, 0.1) is 11.3 Å². The molecule has 2 N–H and O–H groups in total. The van der Waals surface area contributed by atoms with E-state index in [1.54, 1.807) is 6.07 Å². The maximum atomic E-state index is 11.9. The van der Waals surface area contributed by atoms with Crippen molar-refractivity contribution in [3.05, 3.63) is 23.2 Å². The molecule has 0 saturated carbocycles. The molecular weight excluding hydrogens is 248 g/mol. The normalized spacial score (nSPS) is 11.0. The minimum Gasteiger partial charge on any atom is -0.398 e. The zero-order valence-electron chi connectivity index (χ0n) is 8.48. The van der Waals surface area contributed by atoms with E-state index in [0.29, 0.717) is 0 Å². The molecule has 86 valence electrons. The van der Waals surface area contributed by atoms with Gasteiger partial charge in [-0.3, -0.25) is 0 Å².